The molecule has 1 aliphatic heterocycles. The summed E-state index contributed by atoms with van der Waals surface area (Å²) in [4.78, 5) is 2.67. The van der Waals surface area contributed by atoms with Crippen molar-refractivity contribution >= 4 is 0 Å². The lowest BCUT2D eigenvalue weighted by Gasteiger charge is -2.47. The van der Waals surface area contributed by atoms with Gasteiger partial charge in [0.2, 0.25) is 0 Å². The van der Waals surface area contributed by atoms with Gasteiger partial charge in [0.25, 0.3) is 0 Å². The van der Waals surface area contributed by atoms with Gasteiger partial charge in [-0.25, -0.2) is 0 Å². The van der Waals surface area contributed by atoms with Gasteiger partial charge >= 0.3 is 0 Å². The Morgan fingerprint density at radius 3 is 2.80 bits per heavy atom. The average molecular weight is 208 g/mol. The number of piperazine rings is 1. The van der Waals surface area contributed by atoms with Gasteiger partial charge in [0, 0.05) is 31.2 Å². The highest BCUT2D eigenvalue weighted by molar-refractivity contribution is 5.05. The zero-order valence-electron chi connectivity index (χ0n) is 10.3. The van der Waals surface area contributed by atoms with Gasteiger partial charge in [0.15, 0.2) is 0 Å². The van der Waals surface area contributed by atoms with Crippen molar-refractivity contribution in [2.24, 2.45) is 5.92 Å². The minimum atomic E-state index is 0.409. The van der Waals surface area contributed by atoms with Crippen molar-refractivity contribution in [3.8, 4) is 0 Å². The second-order valence-electron chi connectivity index (χ2n) is 5.39. The van der Waals surface area contributed by atoms with E-state index in [4.69, 9.17) is 0 Å². The number of rotatable bonds is 3. The van der Waals surface area contributed by atoms with Crippen LogP contribution in [-0.4, -0.2) is 36.1 Å². The molecule has 1 heterocycles. The van der Waals surface area contributed by atoms with E-state index in [1.807, 2.05) is 0 Å². The normalized spacial score (nSPS) is 38.7. The van der Waals surface area contributed by atoms with E-state index in [2.05, 4.69) is 43.1 Å². The maximum absolute atomic E-state index is 3.63. The summed E-state index contributed by atoms with van der Waals surface area (Å²) < 4.78 is 0. The van der Waals surface area contributed by atoms with Gasteiger partial charge in [0.05, 0.1) is 0 Å². The van der Waals surface area contributed by atoms with Crippen LogP contribution in [0.15, 0.2) is 12.2 Å². The Hall–Kier alpha value is -0.340. The molecule has 0 aromatic rings. The van der Waals surface area contributed by atoms with Gasteiger partial charge in [-0.2, -0.15) is 0 Å². The molecule has 1 N–H and O–H groups in total. The second-order valence-corrected chi connectivity index (χ2v) is 5.39. The van der Waals surface area contributed by atoms with Crippen molar-refractivity contribution in [2.45, 2.75) is 45.2 Å². The molecule has 0 amide bonds. The Balaban J connectivity index is 2.05. The highest BCUT2D eigenvalue weighted by atomic mass is 15.3. The lowest BCUT2D eigenvalue weighted by atomic mass is 9.90. The van der Waals surface area contributed by atoms with Crippen LogP contribution in [0.4, 0.5) is 0 Å². The van der Waals surface area contributed by atoms with Gasteiger partial charge in [-0.05, 0) is 39.5 Å². The molecule has 1 aliphatic carbocycles. The van der Waals surface area contributed by atoms with E-state index in [0.29, 0.717) is 11.6 Å². The van der Waals surface area contributed by atoms with Gasteiger partial charge < -0.3 is 5.32 Å². The maximum Gasteiger partial charge on any atom is 0.0337 e. The highest BCUT2D eigenvalue weighted by Gasteiger charge is 2.47. The molecule has 0 spiro atoms. The van der Waals surface area contributed by atoms with Crippen molar-refractivity contribution in [1.29, 1.82) is 0 Å². The average Bonchev–Trinajstić information content (AvgIpc) is 3.03. The Bertz CT molecular complexity index is 245. The van der Waals surface area contributed by atoms with E-state index in [9.17, 15) is 0 Å². The van der Waals surface area contributed by atoms with E-state index in [0.717, 1.165) is 19.0 Å². The second kappa shape index (κ2) is 4.26. The molecular weight excluding hydrogens is 184 g/mol. The van der Waals surface area contributed by atoms with Crippen LogP contribution in [0, 0.1) is 5.92 Å². The highest BCUT2D eigenvalue weighted by Crippen LogP contribution is 2.43. The maximum atomic E-state index is 3.63. The van der Waals surface area contributed by atoms with Crippen LogP contribution in [0.2, 0.25) is 0 Å². The third-order valence-corrected chi connectivity index (χ3v) is 4.04. The molecule has 0 aromatic heterocycles. The van der Waals surface area contributed by atoms with Gasteiger partial charge in [-0.15, -0.1) is 0 Å². The number of nitrogens with zero attached hydrogens (tertiary/aromatic N) is 1. The monoisotopic (exact) mass is 208 g/mol. The third-order valence-electron chi connectivity index (χ3n) is 4.04. The zero-order chi connectivity index (χ0) is 10.9. The minimum Gasteiger partial charge on any atom is -0.311 e. The van der Waals surface area contributed by atoms with Crippen LogP contribution >= 0.6 is 0 Å². The van der Waals surface area contributed by atoms with Crippen LogP contribution < -0.4 is 5.32 Å². The number of allylic oxidation sites excluding steroid dienone is 1. The fourth-order valence-corrected chi connectivity index (χ4v) is 2.72. The Kier molecular flexibility index (Phi) is 3.17. The van der Waals surface area contributed by atoms with E-state index < -0.39 is 0 Å². The molecule has 2 fully saturated rings. The summed E-state index contributed by atoms with van der Waals surface area (Å²) in [6.45, 7) is 10.3. The molecule has 0 bridgehead atoms. The lowest BCUT2D eigenvalue weighted by Crippen LogP contribution is -2.63. The smallest absolute Gasteiger partial charge is 0.0337 e. The van der Waals surface area contributed by atoms with Crippen LogP contribution in [-0.2, 0) is 0 Å². The molecule has 0 aromatic carbocycles. The van der Waals surface area contributed by atoms with Crippen molar-refractivity contribution in [1.82, 2.24) is 10.2 Å². The quantitative estimate of drug-likeness (QED) is 0.714. The molecule has 2 heteroatoms. The minimum absolute atomic E-state index is 0.409. The molecule has 0 radical (unpaired) electrons. The first kappa shape index (κ1) is 11.2. The van der Waals surface area contributed by atoms with Crippen molar-refractivity contribution in [2.75, 3.05) is 19.6 Å². The number of hydrogen-bond acceptors (Lipinski definition) is 2. The predicted molar refractivity (Wildman–Crippen MR) is 65.0 cm³/mol. The lowest BCUT2D eigenvalue weighted by molar-refractivity contribution is 0.0495. The summed E-state index contributed by atoms with van der Waals surface area (Å²) in [6, 6.07) is 0.641. The predicted octanol–water partition coefficient (Wildman–Crippen LogP) is 2.02. The van der Waals surface area contributed by atoms with E-state index in [1.165, 1.54) is 19.4 Å². The Morgan fingerprint density at radius 1 is 1.47 bits per heavy atom. The molecule has 1 saturated heterocycles. The SMILES string of the molecule is C/C=C/CN1CC(C)NCC1(C)C1CC1. The molecule has 2 rings (SSSR count). The number of hydrogen-bond donors (Lipinski definition) is 1. The topological polar surface area (TPSA) is 15.3 Å². The van der Waals surface area contributed by atoms with E-state index in [1.54, 1.807) is 0 Å². The fraction of sp³-hybridized carbons (Fsp3) is 0.846. The first-order valence-corrected chi connectivity index (χ1v) is 6.26. The summed E-state index contributed by atoms with van der Waals surface area (Å²) in [6.07, 6.45) is 7.32. The third kappa shape index (κ3) is 2.26. The van der Waals surface area contributed by atoms with Gasteiger partial charge in [-0.3, -0.25) is 4.90 Å². The molecule has 86 valence electrons. The summed E-state index contributed by atoms with van der Waals surface area (Å²) in [5, 5.41) is 3.63. The fourth-order valence-electron chi connectivity index (χ4n) is 2.72. The molecule has 2 nitrogen and oxygen atoms in total. The van der Waals surface area contributed by atoms with Crippen molar-refractivity contribution in [3.05, 3.63) is 12.2 Å². The molecule has 2 atom stereocenters. The van der Waals surface area contributed by atoms with Crippen molar-refractivity contribution < 1.29 is 0 Å². The van der Waals surface area contributed by atoms with Crippen molar-refractivity contribution in [3.63, 3.8) is 0 Å². The summed E-state index contributed by atoms with van der Waals surface area (Å²) in [7, 11) is 0. The van der Waals surface area contributed by atoms with E-state index in [-0.39, 0.29) is 0 Å². The Labute approximate surface area is 93.7 Å². The van der Waals surface area contributed by atoms with Crippen LogP contribution in [0.5, 0.6) is 0 Å². The molecule has 15 heavy (non-hydrogen) atoms. The molecular formula is C13H24N2. The first-order chi connectivity index (χ1) is 7.16. The summed E-state index contributed by atoms with van der Waals surface area (Å²) in [5.41, 5.74) is 0.409. The first-order valence-electron chi connectivity index (χ1n) is 6.26. The summed E-state index contributed by atoms with van der Waals surface area (Å²) in [5.74, 6) is 0.933. The largest absolute Gasteiger partial charge is 0.311 e. The van der Waals surface area contributed by atoms with Crippen LogP contribution in [0.25, 0.3) is 0 Å². The molecule has 1 saturated carbocycles. The van der Waals surface area contributed by atoms with Gasteiger partial charge in [0.1, 0.15) is 0 Å². The Morgan fingerprint density at radius 2 is 2.20 bits per heavy atom. The van der Waals surface area contributed by atoms with Crippen LogP contribution in [0.1, 0.15) is 33.6 Å². The van der Waals surface area contributed by atoms with E-state index >= 15 is 0 Å². The summed E-state index contributed by atoms with van der Waals surface area (Å²) >= 11 is 0. The van der Waals surface area contributed by atoms with Gasteiger partial charge in [-0.1, -0.05) is 12.2 Å². The molecule has 2 unspecified atom stereocenters. The zero-order valence-corrected chi connectivity index (χ0v) is 10.3. The standard InChI is InChI=1S/C13H24N2/c1-4-5-8-15-9-11(2)14-10-13(15,3)12-6-7-12/h4-5,11-12,14H,6-10H2,1-3H3/b5-4+. The molecule has 2 aliphatic rings. The van der Waals surface area contributed by atoms with Crippen LogP contribution in [0.3, 0.4) is 0 Å². The number of nitrogens with one attached hydrogen (secondary N) is 1.